The van der Waals surface area contributed by atoms with Crippen molar-refractivity contribution in [2.75, 3.05) is 20.0 Å². The minimum Gasteiger partial charge on any atom is -0.497 e. The molecule has 6 heteroatoms. The van der Waals surface area contributed by atoms with Crippen molar-refractivity contribution < 1.29 is 13.9 Å². The maximum absolute atomic E-state index is 13.5. The Morgan fingerprint density at radius 1 is 1.05 bits per heavy atom. The Balaban J connectivity index is 2.57. The second-order valence-corrected chi connectivity index (χ2v) is 4.48. The van der Waals surface area contributed by atoms with Gasteiger partial charge < -0.3 is 15.2 Å². The number of hydrogen-bond acceptors (Lipinski definition) is 5. The summed E-state index contributed by atoms with van der Waals surface area (Å²) in [5, 5.41) is 0. The zero-order valence-electron chi connectivity index (χ0n) is 11.9. The number of hydrazine groups is 1. The zero-order chi connectivity index (χ0) is 15.4. The van der Waals surface area contributed by atoms with Gasteiger partial charge in [0.25, 0.3) is 0 Å². The fraction of sp³-hybridized carbons (Fsp3) is 0.200. The highest BCUT2D eigenvalue weighted by molar-refractivity contribution is 5.54. The Bertz CT molecular complexity index is 634. The zero-order valence-corrected chi connectivity index (χ0v) is 11.9. The van der Waals surface area contributed by atoms with Gasteiger partial charge in [0.1, 0.15) is 17.3 Å². The predicted molar refractivity (Wildman–Crippen MR) is 79.5 cm³/mol. The topological polar surface area (TPSA) is 82.5 Å². The van der Waals surface area contributed by atoms with E-state index >= 15 is 0 Å². The Morgan fingerprint density at radius 2 is 1.81 bits per heavy atom. The molecule has 0 aliphatic heterocycles. The Hall–Kier alpha value is -2.31. The van der Waals surface area contributed by atoms with Gasteiger partial charge in [-0.15, -0.1) is 0 Å². The molecule has 2 aromatic carbocycles. The van der Waals surface area contributed by atoms with Crippen LogP contribution in [0.25, 0.3) is 0 Å². The first-order valence-electron chi connectivity index (χ1n) is 6.33. The van der Waals surface area contributed by atoms with E-state index in [-0.39, 0.29) is 5.82 Å². The van der Waals surface area contributed by atoms with E-state index in [1.807, 2.05) is 0 Å². The highest BCUT2D eigenvalue weighted by Crippen LogP contribution is 2.35. The van der Waals surface area contributed by atoms with E-state index in [1.165, 1.54) is 18.2 Å². The highest BCUT2D eigenvalue weighted by atomic mass is 19.1. The molecule has 0 saturated heterocycles. The summed E-state index contributed by atoms with van der Waals surface area (Å²) in [6.45, 7) is 0. The standard InChI is InChI=1S/C15H18FN3O2/c1-20-10-4-6-14(21-2)12(8-10)15(19-18)11-7-9(16)3-5-13(11)17/h3-8,15,19H,17-18H2,1-2H3. The highest BCUT2D eigenvalue weighted by Gasteiger charge is 2.20. The fourth-order valence-corrected chi connectivity index (χ4v) is 2.21. The SMILES string of the molecule is COc1ccc(OC)c(C(NN)c2cc(F)ccc2N)c1. The lowest BCUT2D eigenvalue weighted by Crippen LogP contribution is -2.30. The normalized spacial score (nSPS) is 12.0. The maximum atomic E-state index is 13.5. The molecule has 0 saturated carbocycles. The number of anilines is 1. The van der Waals surface area contributed by atoms with Gasteiger partial charge in [0.05, 0.1) is 20.3 Å². The lowest BCUT2D eigenvalue weighted by atomic mass is 9.96. The van der Waals surface area contributed by atoms with Crippen LogP contribution < -0.4 is 26.5 Å². The third kappa shape index (κ3) is 3.07. The molecule has 112 valence electrons. The minimum atomic E-state index is -0.522. The molecule has 2 rings (SSSR count). The molecule has 0 spiro atoms. The lowest BCUT2D eigenvalue weighted by molar-refractivity contribution is 0.394. The molecule has 21 heavy (non-hydrogen) atoms. The number of methoxy groups -OCH3 is 2. The number of nitrogen functional groups attached to an aromatic ring is 1. The molecule has 2 aromatic rings. The Labute approximate surface area is 122 Å². The van der Waals surface area contributed by atoms with Crippen LogP contribution in [0, 0.1) is 5.82 Å². The van der Waals surface area contributed by atoms with Gasteiger partial charge >= 0.3 is 0 Å². The van der Waals surface area contributed by atoms with Crippen LogP contribution >= 0.6 is 0 Å². The van der Waals surface area contributed by atoms with Crippen molar-refractivity contribution in [2.24, 2.45) is 5.84 Å². The van der Waals surface area contributed by atoms with Crippen LogP contribution in [0.5, 0.6) is 11.5 Å². The van der Waals surface area contributed by atoms with E-state index in [4.69, 9.17) is 21.1 Å². The first kappa shape index (κ1) is 15.1. The van der Waals surface area contributed by atoms with Gasteiger partial charge in [-0.25, -0.2) is 9.82 Å². The van der Waals surface area contributed by atoms with E-state index in [9.17, 15) is 4.39 Å². The molecule has 0 aromatic heterocycles. The van der Waals surface area contributed by atoms with Crippen LogP contribution in [-0.2, 0) is 0 Å². The van der Waals surface area contributed by atoms with E-state index in [1.54, 1.807) is 32.4 Å². The first-order valence-corrected chi connectivity index (χ1v) is 6.33. The van der Waals surface area contributed by atoms with Crippen molar-refractivity contribution in [1.29, 1.82) is 0 Å². The first-order chi connectivity index (χ1) is 10.1. The summed E-state index contributed by atoms with van der Waals surface area (Å²) in [6.07, 6.45) is 0. The minimum absolute atomic E-state index is 0.388. The second-order valence-electron chi connectivity index (χ2n) is 4.48. The molecule has 5 nitrogen and oxygen atoms in total. The molecule has 1 atom stereocenters. The molecule has 0 aliphatic rings. The molecule has 1 unspecified atom stereocenters. The number of benzene rings is 2. The monoisotopic (exact) mass is 291 g/mol. The maximum Gasteiger partial charge on any atom is 0.124 e. The van der Waals surface area contributed by atoms with Crippen molar-refractivity contribution in [3.05, 3.63) is 53.3 Å². The quantitative estimate of drug-likeness (QED) is 0.446. The molecule has 0 fully saturated rings. The number of halogens is 1. The summed E-state index contributed by atoms with van der Waals surface area (Å²) >= 11 is 0. The van der Waals surface area contributed by atoms with Gasteiger partial charge in [0, 0.05) is 16.8 Å². The number of hydrogen-bond donors (Lipinski definition) is 3. The van der Waals surface area contributed by atoms with Gasteiger partial charge in [-0.3, -0.25) is 5.84 Å². The molecule has 0 heterocycles. The Kier molecular flexibility index (Phi) is 4.62. The number of nitrogens with one attached hydrogen (secondary N) is 1. The van der Waals surface area contributed by atoms with Crippen molar-refractivity contribution in [1.82, 2.24) is 5.43 Å². The number of ether oxygens (including phenoxy) is 2. The van der Waals surface area contributed by atoms with Gasteiger partial charge in [-0.2, -0.15) is 0 Å². The average molecular weight is 291 g/mol. The number of rotatable bonds is 5. The average Bonchev–Trinajstić information content (AvgIpc) is 2.51. The summed E-state index contributed by atoms with van der Waals surface area (Å²) in [6, 6.07) is 8.92. The molecule has 0 aliphatic carbocycles. The van der Waals surface area contributed by atoms with Crippen LogP contribution in [0.2, 0.25) is 0 Å². The molecule has 0 bridgehead atoms. The summed E-state index contributed by atoms with van der Waals surface area (Å²) in [5.74, 6) is 6.50. The van der Waals surface area contributed by atoms with E-state index in [0.717, 1.165) is 0 Å². The van der Waals surface area contributed by atoms with Crippen LogP contribution in [0.4, 0.5) is 10.1 Å². The van der Waals surface area contributed by atoms with Crippen LogP contribution in [0.15, 0.2) is 36.4 Å². The second kappa shape index (κ2) is 6.43. The van der Waals surface area contributed by atoms with Crippen LogP contribution in [-0.4, -0.2) is 14.2 Å². The van der Waals surface area contributed by atoms with E-state index < -0.39 is 6.04 Å². The molecular weight excluding hydrogens is 273 g/mol. The van der Waals surface area contributed by atoms with Crippen molar-refractivity contribution in [3.8, 4) is 11.5 Å². The predicted octanol–water partition coefficient (Wildman–Crippen LogP) is 1.98. The van der Waals surface area contributed by atoms with Crippen LogP contribution in [0.1, 0.15) is 17.2 Å². The van der Waals surface area contributed by atoms with Gasteiger partial charge in [0.2, 0.25) is 0 Å². The Morgan fingerprint density at radius 3 is 2.43 bits per heavy atom. The summed E-state index contributed by atoms with van der Waals surface area (Å²) in [4.78, 5) is 0. The van der Waals surface area contributed by atoms with Crippen molar-refractivity contribution in [2.45, 2.75) is 6.04 Å². The van der Waals surface area contributed by atoms with Gasteiger partial charge in [-0.05, 0) is 36.4 Å². The smallest absolute Gasteiger partial charge is 0.124 e. The molecular formula is C15H18FN3O2. The number of nitrogens with two attached hydrogens (primary N) is 2. The molecule has 5 N–H and O–H groups in total. The summed E-state index contributed by atoms with van der Waals surface area (Å²) < 4.78 is 24.1. The third-order valence-electron chi connectivity index (χ3n) is 3.27. The van der Waals surface area contributed by atoms with Gasteiger partial charge in [0.15, 0.2) is 0 Å². The fourth-order valence-electron chi connectivity index (χ4n) is 2.21. The molecule has 0 radical (unpaired) electrons. The van der Waals surface area contributed by atoms with E-state index in [2.05, 4.69) is 5.43 Å². The third-order valence-corrected chi connectivity index (χ3v) is 3.27. The van der Waals surface area contributed by atoms with Gasteiger partial charge in [-0.1, -0.05) is 0 Å². The summed E-state index contributed by atoms with van der Waals surface area (Å²) in [7, 11) is 3.11. The van der Waals surface area contributed by atoms with E-state index in [0.29, 0.717) is 28.3 Å². The van der Waals surface area contributed by atoms with Crippen molar-refractivity contribution in [3.63, 3.8) is 0 Å². The molecule has 0 amide bonds. The largest absolute Gasteiger partial charge is 0.497 e. The lowest BCUT2D eigenvalue weighted by Gasteiger charge is -2.21. The van der Waals surface area contributed by atoms with Crippen LogP contribution in [0.3, 0.4) is 0 Å². The summed E-state index contributed by atoms with van der Waals surface area (Å²) in [5.41, 5.74) is 10.2. The van der Waals surface area contributed by atoms with Crippen molar-refractivity contribution >= 4 is 5.69 Å².